The molecule has 1 amide bonds. The van der Waals surface area contributed by atoms with Gasteiger partial charge in [0, 0.05) is 10.7 Å². The number of carbonyl (C=O) groups is 2. The Morgan fingerprint density at radius 2 is 1.77 bits per heavy atom. The van der Waals surface area contributed by atoms with Gasteiger partial charge in [0.1, 0.15) is 11.5 Å². The molecule has 1 N–H and O–H groups in total. The van der Waals surface area contributed by atoms with Gasteiger partial charge in [-0.1, -0.05) is 17.7 Å². The normalized spacial score (nSPS) is 11.4. The fourth-order valence-electron chi connectivity index (χ4n) is 2.09. The van der Waals surface area contributed by atoms with Crippen molar-refractivity contribution >= 4 is 29.2 Å². The predicted octanol–water partition coefficient (Wildman–Crippen LogP) is 3.61. The molecule has 0 fully saturated rings. The SMILES string of the molecule is COc1ccc(OC(C)C(=O)OCC(=O)Nc2cccc(Cl)c2C)cc1. The molecule has 0 saturated carbocycles. The van der Waals surface area contributed by atoms with Crippen molar-refractivity contribution in [1.29, 1.82) is 0 Å². The van der Waals surface area contributed by atoms with Gasteiger partial charge in [0.05, 0.1) is 7.11 Å². The standard InChI is InChI=1S/C19H20ClNO5/c1-12-16(20)5-4-6-17(12)21-18(22)11-25-19(23)13(2)26-15-9-7-14(24-3)8-10-15/h4-10,13H,11H2,1-3H3,(H,21,22). The lowest BCUT2D eigenvalue weighted by Gasteiger charge is -2.14. The summed E-state index contributed by atoms with van der Waals surface area (Å²) < 4.78 is 15.5. The number of benzene rings is 2. The van der Waals surface area contributed by atoms with Crippen molar-refractivity contribution in [2.75, 3.05) is 19.0 Å². The average molecular weight is 378 g/mol. The van der Waals surface area contributed by atoms with Gasteiger partial charge in [-0.05, 0) is 55.8 Å². The molecular weight excluding hydrogens is 358 g/mol. The topological polar surface area (TPSA) is 73.9 Å². The number of esters is 1. The summed E-state index contributed by atoms with van der Waals surface area (Å²) in [7, 11) is 1.56. The molecule has 0 bridgehead atoms. The van der Waals surface area contributed by atoms with Crippen LogP contribution in [0, 0.1) is 6.92 Å². The Morgan fingerprint density at radius 3 is 2.42 bits per heavy atom. The second-order valence-corrected chi connectivity index (χ2v) is 5.91. The number of amides is 1. The van der Waals surface area contributed by atoms with Gasteiger partial charge in [0.15, 0.2) is 12.7 Å². The van der Waals surface area contributed by atoms with Crippen LogP contribution in [0.4, 0.5) is 5.69 Å². The quantitative estimate of drug-likeness (QED) is 0.746. The average Bonchev–Trinajstić information content (AvgIpc) is 2.64. The predicted molar refractivity (Wildman–Crippen MR) is 98.9 cm³/mol. The molecule has 0 aliphatic rings. The van der Waals surface area contributed by atoms with Gasteiger partial charge < -0.3 is 19.5 Å². The number of rotatable bonds is 7. The van der Waals surface area contributed by atoms with E-state index in [1.807, 2.05) is 0 Å². The van der Waals surface area contributed by atoms with E-state index in [1.165, 1.54) is 0 Å². The summed E-state index contributed by atoms with van der Waals surface area (Å²) in [5, 5.41) is 3.20. The fourth-order valence-corrected chi connectivity index (χ4v) is 2.26. The monoisotopic (exact) mass is 377 g/mol. The Bertz CT molecular complexity index is 776. The minimum atomic E-state index is -0.857. The smallest absolute Gasteiger partial charge is 0.347 e. The molecule has 2 aromatic carbocycles. The lowest BCUT2D eigenvalue weighted by Crippen LogP contribution is -2.29. The Morgan fingerprint density at radius 1 is 1.12 bits per heavy atom. The Kier molecular flexibility index (Phi) is 6.86. The minimum Gasteiger partial charge on any atom is -0.497 e. The number of halogens is 1. The molecule has 0 spiro atoms. The van der Waals surface area contributed by atoms with Gasteiger partial charge in [-0.15, -0.1) is 0 Å². The molecule has 2 rings (SSSR count). The summed E-state index contributed by atoms with van der Waals surface area (Å²) in [6.45, 7) is 2.92. The third kappa shape index (κ3) is 5.39. The second kappa shape index (κ2) is 9.10. The van der Waals surface area contributed by atoms with Gasteiger partial charge in [-0.25, -0.2) is 4.79 Å². The van der Waals surface area contributed by atoms with Crippen LogP contribution in [0.15, 0.2) is 42.5 Å². The number of ether oxygens (including phenoxy) is 3. The third-order valence-electron chi connectivity index (χ3n) is 3.59. The Balaban J connectivity index is 1.82. The van der Waals surface area contributed by atoms with Gasteiger partial charge >= 0.3 is 5.97 Å². The van der Waals surface area contributed by atoms with Crippen LogP contribution < -0.4 is 14.8 Å². The van der Waals surface area contributed by atoms with Crippen molar-refractivity contribution in [2.45, 2.75) is 20.0 Å². The largest absolute Gasteiger partial charge is 0.497 e. The summed E-state index contributed by atoms with van der Waals surface area (Å²) in [6, 6.07) is 12.0. The Hall–Kier alpha value is -2.73. The summed E-state index contributed by atoms with van der Waals surface area (Å²) in [6.07, 6.45) is -0.857. The molecule has 0 aromatic heterocycles. The molecule has 7 heteroatoms. The molecular formula is C19H20ClNO5. The number of carbonyl (C=O) groups excluding carboxylic acids is 2. The highest BCUT2D eigenvalue weighted by molar-refractivity contribution is 6.31. The van der Waals surface area contributed by atoms with Crippen LogP contribution in [-0.4, -0.2) is 31.7 Å². The van der Waals surface area contributed by atoms with Crippen molar-refractivity contribution < 1.29 is 23.8 Å². The highest BCUT2D eigenvalue weighted by Crippen LogP contribution is 2.23. The van der Waals surface area contributed by atoms with E-state index in [9.17, 15) is 9.59 Å². The lowest BCUT2D eigenvalue weighted by atomic mass is 10.2. The molecule has 138 valence electrons. The number of methoxy groups -OCH3 is 1. The molecule has 0 aliphatic heterocycles. The van der Waals surface area contributed by atoms with Gasteiger partial charge in [-0.2, -0.15) is 0 Å². The van der Waals surface area contributed by atoms with Crippen LogP contribution in [-0.2, 0) is 14.3 Å². The van der Waals surface area contributed by atoms with Crippen LogP contribution >= 0.6 is 11.6 Å². The van der Waals surface area contributed by atoms with E-state index >= 15 is 0 Å². The van der Waals surface area contributed by atoms with E-state index in [0.29, 0.717) is 22.2 Å². The van der Waals surface area contributed by atoms with Gasteiger partial charge in [0.25, 0.3) is 5.91 Å². The van der Waals surface area contributed by atoms with Crippen molar-refractivity contribution in [3.8, 4) is 11.5 Å². The van der Waals surface area contributed by atoms with Crippen molar-refractivity contribution in [3.05, 3.63) is 53.1 Å². The number of nitrogens with one attached hydrogen (secondary N) is 1. The molecule has 1 atom stereocenters. The first-order valence-corrected chi connectivity index (χ1v) is 8.31. The second-order valence-electron chi connectivity index (χ2n) is 5.50. The van der Waals surface area contributed by atoms with Crippen molar-refractivity contribution in [3.63, 3.8) is 0 Å². The van der Waals surface area contributed by atoms with Crippen LogP contribution in [0.5, 0.6) is 11.5 Å². The maximum Gasteiger partial charge on any atom is 0.347 e. The molecule has 26 heavy (non-hydrogen) atoms. The number of hydrogen-bond donors (Lipinski definition) is 1. The van der Waals surface area contributed by atoms with Gasteiger partial charge in [-0.3, -0.25) is 4.79 Å². The summed E-state index contributed by atoms with van der Waals surface area (Å²) in [4.78, 5) is 23.9. The first-order chi connectivity index (χ1) is 12.4. The van der Waals surface area contributed by atoms with Crippen LogP contribution in [0.2, 0.25) is 5.02 Å². The van der Waals surface area contributed by atoms with E-state index in [4.69, 9.17) is 25.8 Å². The molecule has 0 radical (unpaired) electrons. The van der Waals surface area contributed by atoms with E-state index < -0.39 is 24.6 Å². The zero-order valence-corrected chi connectivity index (χ0v) is 15.5. The summed E-state index contributed by atoms with van der Waals surface area (Å²) in [5.41, 5.74) is 1.31. The first kappa shape index (κ1) is 19.6. The highest BCUT2D eigenvalue weighted by atomic mass is 35.5. The van der Waals surface area contributed by atoms with Crippen LogP contribution in [0.25, 0.3) is 0 Å². The molecule has 6 nitrogen and oxygen atoms in total. The molecule has 0 saturated heterocycles. The van der Waals surface area contributed by atoms with Crippen LogP contribution in [0.1, 0.15) is 12.5 Å². The summed E-state index contributed by atoms with van der Waals surface area (Å²) in [5.74, 6) is 0.0777. The van der Waals surface area contributed by atoms with Gasteiger partial charge in [0.2, 0.25) is 0 Å². The maximum absolute atomic E-state index is 12.0. The zero-order chi connectivity index (χ0) is 19.1. The van der Waals surface area contributed by atoms with E-state index in [1.54, 1.807) is 63.4 Å². The molecule has 0 heterocycles. The van der Waals surface area contributed by atoms with Crippen LogP contribution in [0.3, 0.4) is 0 Å². The minimum absolute atomic E-state index is 0.416. The van der Waals surface area contributed by atoms with E-state index in [2.05, 4.69) is 5.32 Å². The molecule has 1 unspecified atom stereocenters. The van der Waals surface area contributed by atoms with Crippen molar-refractivity contribution in [1.82, 2.24) is 0 Å². The Labute approximate surface area is 157 Å². The number of anilines is 1. The highest BCUT2D eigenvalue weighted by Gasteiger charge is 2.18. The first-order valence-electron chi connectivity index (χ1n) is 7.93. The van der Waals surface area contributed by atoms with E-state index in [0.717, 1.165) is 5.56 Å². The molecule has 0 aliphatic carbocycles. The van der Waals surface area contributed by atoms with E-state index in [-0.39, 0.29) is 0 Å². The fraction of sp³-hybridized carbons (Fsp3) is 0.263. The lowest BCUT2D eigenvalue weighted by molar-refractivity contribution is -0.153. The number of hydrogen-bond acceptors (Lipinski definition) is 5. The summed E-state index contributed by atoms with van der Waals surface area (Å²) >= 11 is 6.00. The van der Waals surface area contributed by atoms with Crippen molar-refractivity contribution in [2.24, 2.45) is 0 Å². The third-order valence-corrected chi connectivity index (χ3v) is 4.00. The zero-order valence-electron chi connectivity index (χ0n) is 14.7. The maximum atomic E-state index is 12.0. The molecule has 2 aromatic rings.